The van der Waals surface area contributed by atoms with E-state index in [1.54, 1.807) is 31.6 Å². The largest absolute Gasteiger partial charge is 0.383 e. The number of ether oxygens (including phenoxy) is 1. The van der Waals surface area contributed by atoms with Crippen LogP contribution in [0.1, 0.15) is 39.6 Å². The Morgan fingerprint density at radius 2 is 2.23 bits per heavy atom. The molecule has 0 bridgehead atoms. The highest BCUT2D eigenvalue weighted by Gasteiger charge is 2.30. The van der Waals surface area contributed by atoms with Crippen LogP contribution in [0.4, 0.5) is 4.39 Å². The van der Waals surface area contributed by atoms with Gasteiger partial charge in [-0.05, 0) is 37.1 Å². The van der Waals surface area contributed by atoms with Crippen LogP contribution >= 0.6 is 11.3 Å². The average molecular weight is 429 g/mol. The molecule has 1 aromatic carbocycles. The van der Waals surface area contributed by atoms with Crippen molar-refractivity contribution in [1.29, 1.82) is 0 Å². The van der Waals surface area contributed by atoms with Crippen molar-refractivity contribution < 1.29 is 13.9 Å². The summed E-state index contributed by atoms with van der Waals surface area (Å²) in [5, 5.41) is 2.93. The fourth-order valence-corrected chi connectivity index (χ4v) is 5.17. The first kappa shape index (κ1) is 20.8. The molecule has 3 aromatic rings. The minimum atomic E-state index is -0.213. The predicted molar refractivity (Wildman–Crippen MR) is 115 cm³/mol. The molecule has 4 rings (SSSR count). The van der Waals surface area contributed by atoms with Crippen LogP contribution in [0.25, 0.3) is 10.3 Å². The molecule has 0 saturated carbocycles. The van der Waals surface area contributed by atoms with Crippen molar-refractivity contribution >= 4 is 27.6 Å². The standard InChI is InChI=1S/C22H25FN4O2S/c1-29-11-9-25-21(28)20-18(19-22(30-20)26-8-7-24-19)16-5-3-10-27(14-16)13-15-4-2-6-17(23)12-15/h2,4,6-8,12,16H,3,5,9-11,13-14H2,1H3,(H,25,28)/t16-/m1/s1. The molecule has 1 aliphatic heterocycles. The van der Waals surface area contributed by atoms with E-state index in [4.69, 9.17) is 4.74 Å². The summed E-state index contributed by atoms with van der Waals surface area (Å²) in [6.45, 7) is 3.37. The Labute approximate surface area is 179 Å². The van der Waals surface area contributed by atoms with E-state index in [9.17, 15) is 9.18 Å². The number of aromatic nitrogens is 2. The van der Waals surface area contributed by atoms with Crippen molar-refractivity contribution in [1.82, 2.24) is 20.2 Å². The molecule has 1 saturated heterocycles. The number of hydrogen-bond donors (Lipinski definition) is 1. The summed E-state index contributed by atoms with van der Waals surface area (Å²) in [6.07, 6.45) is 5.34. The van der Waals surface area contributed by atoms with E-state index in [0.717, 1.165) is 47.4 Å². The number of carbonyl (C=O) groups excluding carboxylic acids is 1. The zero-order valence-corrected chi connectivity index (χ0v) is 17.8. The number of thiophene rings is 1. The molecule has 0 spiro atoms. The van der Waals surface area contributed by atoms with Crippen molar-refractivity contribution in [2.45, 2.75) is 25.3 Å². The lowest BCUT2D eigenvalue weighted by Crippen LogP contribution is -2.35. The first-order chi connectivity index (χ1) is 14.7. The first-order valence-electron chi connectivity index (χ1n) is 10.1. The van der Waals surface area contributed by atoms with Crippen molar-refractivity contribution in [2.75, 3.05) is 33.4 Å². The fraction of sp³-hybridized carbons (Fsp3) is 0.409. The number of nitrogens with one attached hydrogen (secondary N) is 1. The van der Waals surface area contributed by atoms with Gasteiger partial charge in [-0.15, -0.1) is 11.3 Å². The highest BCUT2D eigenvalue weighted by molar-refractivity contribution is 7.20. The van der Waals surface area contributed by atoms with Gasteiger partial charge in [-0.25, -0.2) is 9.37 Å². The van der Waals surface area contributed by atoms with Crippen LogP contribution in [0.5, 0.6) is 0 Å². The zero-order valence-electron chi connectivity index (χ0n) is 16.9. The van der Waals surface area contributed by atoms with E-state index in [2.05, 4.69) is 20.2 Å². The van der Waals surface area contributed by atoms with Crippen LogP contribution in [-0.4, -0.2) is 54.1 Å². The van der Waals surface area contributed by atoms with Gasteiger partial charge in [0.25, 0.3) is 5.91 Å². The summed E-state index contributed by atoms with van der Waals surface area (Å²) in [7, 11) is 1.61. The molecule has 6 nitrogen and oxygen atoms in total. The van der Waals surface area contributed by atoms with Gasteiger partial charge in [-0.2, -0.15) is 0 Å². The summed E-state index contributed by atoms with van der Waals surface area (Å²) in [6, 6.07) is 6.75. The summed E-state index contributed by atoms with van der Waals surface area (Å²) >= 11 is 1.40. The van der Waals surface area contributed by atoms with E-state index < -0.39 is 0 Å². The number of carbonyl (C=O) groups is 1. The summed E-state index contributed by atoms with van der Waals surface area (Å²) < 4.78 is 18.6. The molecule has 1 atom stereocenters. The minimum absolute atomic E-state index is 0.103. The number of amides is 1. The second kappa shape index (κ2) is 9.59. The number of piperidine rings is 1. The third-order valence-corrected chi connectivity index (χ3v) is 6.47. The molecule has 8 heteroatoms. The van der Waals surface area contributed by atoms with Gasteiger partial charge >= 0.3 is 0 Å². The summed E-state index contributed by atoms with van der Waals surface area (Å²) in [4.78, 5) is 25.7. The predicted octanol–water partition coefficient (Wildman–Crippen LogP) is 3.59. The summed E-state index contributed by atoms with van der Waals surface area (Å²) in [5.41, 5.74) is 2.77. The molecule has 0 radical (unpaired) electrons. The van der Waals surface area contributed by atoms with Crippen molar-refractivity contribution in [3.63, 3.8) is 0 Å². The van der Waals surface area contributed by atoms with Crippen LogP contribution in [0, 0.1) is 5.82 Å². The number of fused-ring (bicyclic) bond motifs is 1. The van der Waals surface area contributed by atoms with Crippen LogP contribution in [0.2, 0.25) is 0 Å². The molecule has 1 aliphatic rings. The molecule has 0 aliphatic carbocycles. The Balaban J connectivity index is 1.59. The Morgan fingerprint density at radius 1 is 1.37 bits per heavy atom. The molecule has 1 N–H and O–H groups in total. The highest BCUT2D eigenvalue weighted by Crippen LogP contribution is 2.38. The van der Waals surface area contributed by atoms with Crippen molar-refractivity contribution in [3.8, 4) is 0 Å². The SMILES string of the molecule is COCCNC(=O)c1sc2nccnc2c1[C@@H]1CCCN(Cc2cccc(F)c2)C1. The van der Waals surface area contributed by atoms with Gasteiger partial charge < -0.3 is 10.1 Å². The van der Waals surface area contributed by atoms with Crippen LogP contribution in [0.3, 0.4) is 0 Å². The molecule has 1 fully saturated rings. The Kier molecular flexibility index (Phi) is 6.66. The number of likely N-dealkylation sites (tertiary alicyclic amines) is 1. The average Bonchev–Trinajstić information content (AvgIpc) is 3.14. The maximum absolute atomic E-state index is 13.6. The quantitative estimate of drug-likeness (QED) is 0.583. The second-order valence-corrected chi connectivity index (χ2v) is 8.51. The van der Waals surface area contributed by atoms with Gasteiger partial charge in [-0.3, -0.25) is 14.7 Å². The van der Waals surface area contributed by atoms with E-state index >= 15 is 0 Å². The van der Waals surface area contributed by atoms with Crippen LogP contribution in [0.15, 0.2) is 36.7 Å². The number of benzene rings is 1. The first-order valence-corrected chi connectivity index (χ1v) is 10.9. The molecule has 0 unspecified atom stereocenters. The molecule has 1 amide bonds. The van der Waals surface area contributed by atoms with Crippen molar-refractivity contribution in [3.05, 3.63) is 58.5 Å². The maximum atomic E-state index is 13.6. The normalized spacial score (nSPS) is 17.3. The topological polar surface area (TPSA) is 67.3 Å². The number of methoxy groups -OCH3 is 1. The number of halogens is 1. The molecular formula is C22H25FN4O2S. The lowest BCUT2D eigenvalue weighted by Gasteiger charge is -2.33. The Hall–Kier alpha value is -2.42. The summed E-state index contributed by atoms with van der Waals surface area (Å²) in [5.74, 6) is -0.134. The maximum Gasteiger partial charge on any atom is 0.261 e. The van der Waals surface area contributed by atoms with E-state index in [0.29, 0.717) is 24.6 Å². The molecule has 30 heavy (non-hydrogen) atoms. The Bertz CT molecular complexity index is 1030. The fourth-order valence-electron chi connectivity index (χ4n) is 4.07. The van der Waals surface area contributed by atoms with Crippen LogP contribution in [-0.2, 0) is 11.3 Å². The number of rotatable bonds is 7. The Morgan fingerprint density at radius 3 is 3.07 bits per heavy atom. The van der Waals surface area contributed by atoms with E-state index in [1.807, 2.05) is 6.07 Å². The van der Waals surface area contributed by atoms with E-state index in [1.165, 1.54) is 17.4 Å². The minimum Gasteiger partial charge on any atom is -0.383 e. The molecule has 2 aromatic heterocycles. The lowest BCUT2D eigenvalue weighted by atomic mass is 9.89. The molecule has 158 valence electrons. The zero-order chi connectivity index (χ0) is 20.9. The third kappa shape index (κ3) is 4.66. The van der Waals surface area contributed by atoms with Crippen molar-refractivity contribution in [2.24, 2.45) is 0 Å². The van der Waals surface area contributed by atoms with Crippen LogP contribution < -0.4 is 5.32 Å². The highest BCUT2D eigenvalue weighted by atomic mass is 32.1. The lowest BCUT2D eigenvalue weighted by molar-refractivity contribution is 0.0939. The number of hydrogen-bond acceptors (Lipinski definition) is 6. The van der Waals surface area contributed by atoms with Gasteiger partial charge in [0.15, 0.2) is 0 Å². The van der Waals surface area contributed by atoms with Gasteiger partial charge in [-0.1, -0.05) is 12.1 Å². The smallest absolute Gasteiger partial charge is 0.261 e. The van der Waals surface area contributed by atoms with Gasteiger partial charge in [0, 0.05) is 50.6 Å². The third-order valence-electron chi connectivity index (χ3n) is 5.37. The molecular weight excluding hydrogens is 403 g/mol. The van der Waals surface area contributed by atoms with Gasteiger partial charge in [0.1, 0.15) is 16.2 Å². The van der Waals surface area contributed by atoms with E-state index in [-0.39, 0.29) is 17.6 Å². The van der Waals surface area contributed by atoms with Gasteiger partial charge in [0.2, 0.25) is 0 Å². The second-order valence-electron chi connectivity index (χ2n) is 7.51. The molecule has 3 heterocycles. The van der Waals surface area contributed by atoms with Gasteiger partial charge in [0.05, 0.1) is 11.5 Å². The number of nitrogens with zero attached hydrogens (tertiary/aromatic N) is 3. The monoisotopic (exact) mass is 428 g/mol.